The van der Waals surface area contributed by atoms with Gasteiger partial charge in [-0.2, -0.15) is 0 Å². The quantitative estimate of drug-likeness (QED) is 0.169. The Morgan fingerprint density at radius 1 is 0.657 bits per heavy atom. The van der Waals surface area contributed by atoms with Gasteiger partial charge in [0, 0.05) is 12.8 Å². The first-order valence-corrected chi connectivity index (χ1v) is 13.9. The third-order valence-corrected chi connectivity index (χ3v) is 6.30. The lowest BCUT2D eigenvalue weighted by atomic mass is 9.95. The number of rotatable bonds is 21. The Hall–Kier alpha value is -2.04. The second kappa shape index (κ2) is 18.3. The summed E-state index contributed by atoms with van der Waals surface area (Å²) in [6.07, 6.45) is 18.1. The van der Waals surface area contributed by atoms with Crippen molar-refractivity contribution in [3.05, 3.63) is 29.3 Å². The largest absolute Gasteiger partial charge is 0.488 e. The maximum absolute atomic E-state index is 10.6. The Bertz CT molecular complexity index is 720. The fourth-order valence-corrected chi connectivity index (χ4v) is 4.49. The van der Waals surface area contributed by atoms with Crippen LogP contribution in [0, 0.1) is 0 Å². The molecular formula is C30H50O5. The van der Waals surface area contributed by atoms with Crippen molar-refractivity contribution in [3.63, 3.8) is 0 Å². The van der Waals surface area contributed by atoms with Crippen LogP contribution in [0.4, 0.5) is 0 Å². The highest BCUT2D eigenvalue weighted by atomic mass is 16.5. The minimum atomic E-state index is -0.690. The highest BCUT2D eigenvalue weighted by Gasteiger charge is 2.16. The van der Waals surface area contributed by atoms with Crippen LogP contribution in [0.5, 0.6) is 5.75 Å². The minimum Gasteiger partial charge on any atom is -0.488 e. The summed E-state index contributed by atoms with van der Waals surface area (Å²) >= 11 is 0. The molecule has 0 unspecified atom stereocenters. The van der Waals surface area contributed by atoms with Crippen molar-refractivity contribution in [1.29, 1.82) is 0 Å². The standard InChI is InChI=1S/C30H50O5/c1-30(2,3)35-27-22-18-20-25(19-14-10-6-4-8-12-16-23-28(31)32)26(27)21-15-11-7-5-9-13-17-24-29(33)34/h18,20,22H,4-17,19,21,23-24H2,1-3H3,(H,31,32)(H,33,34). The number of carboxylic acid groups (broad SMARTS) is 2. The predicted molar refractivity (Wildman–Crippen MR) is 143 cm³/mol. The van der Waals surface area contributed by atoms with Crippen molar-refractivity contribution >= 4 is 11.9 Å². The van der Waals surface area contributed by atoms with Gasteiger partial charge in [0.1, 0.15) is 11.4 Å². The topological polar surface area (TPSA) is 83.8 Å². The molecule has 0 atom stereocenters. The average Bonchev–Trinajstić information content (AvgIpc) is 2.76. The minimum absolute atomic E-state index is 0.218. The van der Waals surface area contributed by atoms with Gasteiger partial charge in [-0.1, -0.05) is 76.3 Å². The Morgan fingerprint density at radius 2 is 1.09 bits per heavy atom. The zero-order valence-electron chi connectivity index (χ0n) is 22.6. The van der Waals surface area contributed by atoms with Gasteiger partial charge in [0.15, 0.2) is 0 Å². The second-order valence-electron chi connectivity index (χ2n) is 10.8. The summed E-state index contributed by atoms with van der Waals surface area (Å²) in [5.74, 6) is -0.349. The molecule has 1 rings (SSSR count). The molecule has 0 saturated carbocycles. The van der Waals surface area contributed by atoms with E-state index in [9.17, 15) is 9.59 Å². The molecule has 0 aliphatic rings. The summed E-state index contributed by atoms with van der Waals surface area (Å²) in [5, 5.41) is 17.4. The number of hydrogen-bond acceptors (Lipinski definition) is 3. The van der Waals surface area contributed by atoms with E-state index in [0.29, 0.717) is 12.8 Å². The number of ether oxygens (including phenoxy) is 1. The van der Waals surface area contributed by atoms with Gasteiger partial charge < -0.3 is 14.9 Å². The van der Waals surface area contributed by atoms with Crippen LogP contribution in [0.2, 0.25) is 0 Å². The lowest BCUT2D eigenvalue weighted by Crippen LogP contribution is -2.24. The summed E-state index contributed by atoms with van der Waals surface area (Å²) in [7, 11) is 0. The predicted octanol–water partition coefficient (Wildman–Crippen LogP) is 8.36. The smallest absolute Gasteiger partial charge is 0.303 e. The number of aliphatic carboxylic acids is 2. The first-order chi connectivity index (χ1) is 16.7. The maximum Gasteiger partial charge on any atom is 0.303 e. The maximum atomic E-state index is 10.6. The second-order valence-corrected chi connectivity index (χ2v) is 10.8. The summed E-state index contributed by atoms with van der Waals surface area (Å²) in [5.41, 5.74) is 2.57. The monoisotopic (exact) mass is 490 g/mol. The van der Waals surface area contributed by atoms with Crippen molar-refractivity contribution in [3.8, 4) is 5.75 Å². The molecule has 5 nitrogen and oxygen atoms in total. The Morgan fingerprint density at radius 3 is 1.54 bits per heavy atom. The first-order valence-electron chi connectivity index (χ1n) is 13.9. The van der Waals surface area contributed by atoms with Gasteiger partial charge in [-0.3, -0.25) is 9.59 Å². The number of hydrogen-bond donors (Lipinski definition) is 2. The van der Waals surface area contributed by atoms with Crippen LogP contribution in [-0.2, 0) is 22.4 Å². The highest BCUT2D eigenvalue weighted by Crippen LogP contribution is 2.29. The molecule has 2 N–H and O–H groups in total. The Balaban J connectivity index is 2.43. The van der Waals surface area contributed by atoms with E-state index >= 15 is 0 Å². The summed E-state index contributed by atoms with van der Waals surface area (Å²) in [4.78, 5) is 21.2. The van der Waals surface area contributed by atoms with E-state index in [1.54, 1.807) is 0 Å². The summed E-state index contributed by atoms with van der Waals surface area (Å²) in [6, 6.07) is 6.50. The van der Waals surface area contributed by atoms with Crippen molar-refractivity contribution < 1.29 is 24.5 Å². The summed E-state index contributed by atoms with van der Waals surface area (Å²) < 4.78 is 6.32. The molecular weight excluding hydrogens is 440 g/mol. The fourth-order valence-electron chi connectivity index (χ4n) is 4.49. The van der Waals surface area contributed by atoms with Crippen LogP contribution in [0.25, 0.3) is 0 Å². The molecule has 0 radical (unpaired) electrons. The average molecular weight is 491 g/mol. The lowest BCUT2D eigenvalue weighted by molar-refractivity contribution is -0.138. The van der Waals surface area contributed by atoms with Crippen LogP contribution in [0.1, 0.15) is 135 Å². The molecule has 0 aliphatic carbocycles. The van der Waals surface area contributed by atoms with E-state index in [1.807, 2.05) is 0 Å². The molecule has 0 aliphatic heterocycles. The third kappa shape index (κ3) is 17.1. The van der Waals surface area contributed by atoms with Crippen molar-refractivity contribution in [2.24, 2.45) is 0 Å². The molecule has 0 amide bonds. The van der Waals surface area contributed by atoms with Crippen molar-refractivity contribution in [2.75, 3.05) is 0 Å². The van der Waals surface area contributed by atoms with Crippen LogP contribution >= 0.6 is 0 Å². The first kappa shape index (κ1) is 31.0. The third-order valence-electron chi connectivity index (χ3n) is 6.30. The number of carboxylic acids is 2. The molecule has 35 heavy (non-hydrogen) atoms. The Labute approximate surface area is 213 Å². The molecule has 5 heteroatoms. The van der Waals surface area contributed by atoms with Crippen LogP contribution < -0.4 is 4.74 Å². The van der Waals surface area contributed by atoms with E-state index in [2.05, 4.69) is 39.0 Å². The molecule has 1 aromatic carbocycles. The molecule has 0 aromatic heterocycles. The van der Waals surface area contributed by atoms with Crippen LogP contribution in [0.3, 0.4) is 0 Å². The van der Waals surface area contributed by atoms with E-state index in [0.717, 1.165) is 63.5 Å². The van der Waals surface area contributed by atoms with Crippen molar-refractivity contribution in [2.45, 2.75) is 142 Å². The van der Waals surface area contributed by atoms with Gasteiger partial charge in [-0.25, -0.2) is 0 Å². The molecule has 0 spiro atoms. The molecule has 0 heterocycles. The Kier molecular flexibility index (Phi) is 16.2. The van der Waals surface area contributed by atoms with Gasteiger partial charge in [-0.15, -0.1) is 0 Å². The molecule has 0 saturated heterocycles. The van der Waals surface area contributed by atoms with E-state index < -0.39 is 11.9 Å². The number of aryl methyl sites for hydroxylation is 1. The van der Waals surface area contributed by atoms with Gasteiger partial charge in [0.05, 0.1) is 0 Å². The number of benzene rings is 1. The lowest BCUT2D eigenvalue weighted by Gasteiger charge is -2.25. The molecule has 0 bridgehead atoms. The number of carbonyl (C=O) groups is 2. The highest BCUT2D eigenvalue weighted by molar-refractivity contribution is 5.66. The zero-order chi connectivity index (χ0) is 25.9. The number of unbranched alkanes of at least 4 members (excludes halogenated alkanes) is 12. The molecule has 0 fully saturated rings. The van der Waals surface area contributed by atoms with Crippen LogP contribution in [0.15, 0.2) is 18.2 Å². The van der Waals surface area contributed by atoms with E-state index in [-0.39, 0.29) is 5.60 Å². The molecule has 1 aromatic rings. The van der Waals surface area contributed by atoms with Gasteiger partial charge >= 0.3 is 11.9 Å². The van der Waals surface area contributed by atoms with Crippen LogP contribution in [-0.4, -0.2) is 27.8 Å². The SMILES string of the molecule is CC(C)(C)Oc1cccc(CCCCCCCCCC(=O)O)c1CCCCCCCCCC(=O)O. The van der Waals surface area contributed by atoms with Crippen molar-refractivity contribution in [1.82, 2.24) is 0 Å². The summed E-state index contributed by atoms with van der Waals surface area (Å²) in [6.45, 7) is 6.30. The molecule has 200 valence electrons. The van der Waals surface area contributed by atoms with Gasteiger partial charge in [0.25, 0.3) is 0 Å². The van der Waals surface area contributed by atoms with E-state index in [4.69, 9.17) is 14.9 Å². The fraction of sp³-hybridized carbons (Fsp3) is 0.733. The normalized spacial score (nSPS) is 11.5. The van der Waals surface area contributed by atoms with Gasteiger partial charge in [0.2, 0.25) is 0 Å². The van der Waals surface area contributed by atoms with Gasteiger partial charge in [-0.05, 0) is 76.5 Å². The van der Waals surface area contributed by atoms with E-state index in [1.165, 1.54) is 56.1 Å². The zero-order valence-corrected chi connectivity index (χ0v) is 22.6.